The number of hydrogen-bond acceptors (Lipinski definition) is 6. The lowest BCUT2D eigenvalue weighted by atomic mass is 10.1. The summed E-state index contributed by atoms with van der Waals surface area (Å²) in [5, 5.41) is 9.46. The Morgan fingerprint density at radius 3 is 2.44 bits per heavy atom. The minimum atomic E-state index is -1.07. The van der Waals surface area contributed by atoms with Crippen LogP contribution in [-0.2, 0) is 0 Å². The van der Waals surface area contributed by atoms with E-state index in [1.54, 1.807) is 24.3 Å². The van der Waals surface area contributed by atoms with Crippen molar-refractivity contribution in [2.75, 3.05) is 31.5 Å². The molecule has 0 radical (unpaired) electrons. The van der Waals surface area contributed by atoms with Crippen LogP contribution < -0.4 is 16.2 Å². The third-order valence-corrected chi connectivity index (χ3v) is 5.41. The van der Waals surface area contributed by atoms with Crippen LogP contribution in [0.2, 0.25) is 0 Å². The number of halogens is 2. The maximum Gasteiger partial charge on any atom is 0.258 e. The first-order valence-electron chi connectivity index (χ1n) is 10.8. The van der Waals surface area contributed by atoms with E-state index in [4.69, 9.17) is 5.53 Å². The molecule has 0 saturated carbocycles. The van der Waals surface area contributed by atoms with Crippen molar-refractivity contribution in [2.24, 2.45) is 5.11 Å². The number of likely N-dealkylation sites (N-methyl/N-ethyl adjacent to an activating group) is 1. The molecule has 0 saturated heterocycles. The molecule has 0 aliphatic carbocycles. The summed E-state index contributed by atoms with van der Waals surface area (Å²) in [5.74, 6) is -2.30. The minimum Gasteiger partial charge on any atom is -0.360 e. The van der Waals surface area contributed by atoms with Crippen LogP contribution in [0, 0.1) is 17.2 Å². The van der Waals surface area contributed by atoms with Gasteiger partial charge in [-0.2, -0.15) is 5.11 Å². The number of nitrogens with zero attached hydrogens (tertiary/aromatic N) is 2. The number of nitrogens with one attached hydrogen (secondary N) is 4. The van der Waals surface area contributed by atoms with Crippen molar-refractivity contribution >= 4 is 28.2 Å². The monoisotopic (exact) mass is 468 g/mol. The molecule has 3 aromatic rings. The molecule has 1 amide bonds. The number of aromatic amines is 1. The number of H-pyrrole nitrogens is 1. The van der Waals surface area contributed by atoms with Crippen LogP contribution in [0.5, 0.6) is 0 Å². The van der Waals surface area contributed by atoms with E-state index < -0.39 is 17.2 Å². The van der Waals surface area contributed by atoms with Gasteiger partial charge in [-0.25, -0.2) is 14.3 Å². The second-order valence-electron chi connectivity index (χ2n) is 7.51. The van der Waals surface area contributed by atoms with Gasteiger partial charge in [-0.15, -0.1) is 0 Å². The first-order chi connectivity index (χ1) is 16.4. The third-order valence-electron chi connectivity index (χ3n) is 5.41. The van der Waals surface area contributed by atoms with E-state index in [1.165, 1.54) is 12.3 Å². The molecule has 0 spiro atoms. The summed E-state index contributed by atoms with van der Waals surface area (Å²) in [5.41, 5.74) is 8.08. The summed E-state index contributed by atoms with van der Waals surface area (Å²) in [4.78, 5) is 29.4. The van der Waals surface area contributed by atoms with Crippen molar-refractivity contribution in [3.63, 3.8) is 0 Å². The number of carbonyl (C=O) groups excluding carboxylic acids is 1. The summed E-state index contributed by atoms with van der Waals surface area (Å²) >= 11 is 0. The molecule has 3 rings (SSSR count). The Bertz CT molecular complexity index is 1270. The van der Waals surface area contributed by atoms with E-state index in [-0.39, 0.29) is 28.1 Å². The number of anilines is 1. The average Bonchev–Trinajstić information content (AvgIpc) is 2.84. The molecule has 8 nitrogen and oxygen atoms in total. The van der Waals surface area contributed by atoms with Gasteiger partial charge < -0.3 is 20.5 Å². The molecule has 10 heteroatoms. The van der Waals surface area contributed by atoms with Crippen LogP contribution in [0.15, 0.2) is 58.6 Å². The highest BCUT2D eigenvalue weighted by molar-refractivity contribution is 5.94. The molecule has 0 fully saturated rings. The molecule has 1 heterocycles. The van der Waals surface area contributed by atoms with Crippen LogP contribution in [0.3, 0.4) is 0 Å². The van der Waals surface area contributed by atoms with Crippen molar-refractivity contribution in [3.05, 3.63) is 81.8 Å². The number of carbonyl (C=O) groups is 1. The van der Waals surface area contributed by atoms with Crippen molar-refractivity contribution in [1.82, 2.24) is 15.2 Å². The molecule has 178 valence electrons. The Morgan fingerprint density at radius 1 is 1.12 bits per heavy atom. The Hall–Kier alpha value is -3.92. The van der Waals surface area contributed by atoms with Gasteiger partial charge in [-0.1, -0.05) is 13.8 Å². The van der Waals surface area contributed by atoms with Gasteiger partial charge in [0, 0.05) is 42.0 Å². The molecule has 0 aliphatic heterocycles. The van der Waals surface area contributed by atoms with E-state index in [2.05, 4.69) is 39.5 Å². The Balaban J connectivity index is 1.71. The van der Waals surface area contributed by atoms with Crippen LogP contribution in [0.25, 0.3) is 16.6 Å². The third kappa shape index (κ3) is 5.90. The molecule has 0 atom stereocenters. The van der Waals surface area contributed by atoms with Crippen LogP contribution in [-0.4, -0.2) is 42.0 Å². The quantitative estimate of drug-likeness (QED) is 0.332. The summed E-state index contributed by atoms with van der Waals surface area (Å²) in [6.45, 7) is 7.32. The molecule has 2 aromatic carbocycles. The molecule has 0 bridgehead atoms. The summed E-state index contributed by atoms with van der Waals surface area (Å²) in [7, 11) is 0. The predicted octanol–water partition coefficient (Wildman–Crippen LogP) is 4.32. The van der Waals surface area contributed by atoms with E-state index in [1.807, 2.05) is 0 Å². The number of fused-ring (bicyclic) bond motifs is 1. The van der Waals surface area contributed by atoms with Crippen LogP contribution in [0.4, 0.5) is 14.5 Å². The molecule has 4 N–H and O–H groups in total. The molecular weight excluding hydrogens is 442 g/mol. The second-order valence-corrected chi connectivity index (χ2v) is 7.51. The van der Waals surface area contributed by atoms with Crippen molar-refractivity contribution < 1.29 is 13.6 Å². The Morgan fingerprint density at radius 2 is 1.79 bits per heavy atom. The zero-order valence-corrected chi connectivity index (χ0v) is 18.9. The predicted molar refractivity (Wildman–Crippen MR) is 128 cm³/mol. The lowest BCUT2D eigenvalue weighted by molar-refractivity contribution is 0.0949. The lowest BCUT2D eigenvalue weighted by Gasteiger charge is -2.17. The van der Waals surface area contributed by atoms with Gasteiger partial charge in [0.05, 0.1) is 11.1 Å². The summed E-state index contributed by atoms with van der Waals surface area (Å²) in [6, 6.07) is 9.87. The summed E-state index contributed by atoms with van der Waals surface area (Å²) in [6.07, 6.45) is 1.35. The fraction of sp³-hybridized carbons (Fsp3) is 0.250. The summed E-state index contributed by atoms with van der Waals surface area (Å²) < 4.78 is 27.0. The Labute approximate surface area is 195 Å². The fourth-order valence-electron chi connectivity index (χ4n) is 3.40. The fourth-order valence-corrected chi connectivity index (χ4v) is 3.40. The Kier molecular flexibility index (Phi) is 8.20. The smallest absolute Gasteiger partial charge is 0.258 e. The zero-order valence-electron chi connectivity index (χ0n) is 18.9. The topological polar surface area (TPSA) is 113 Å². The van der Waals surface area contributed by atoms with Gasteiger partial charge >= 0.3 is 0 Å². The first-order valence-corrected chi connectivity index (χ1v) is 10.8. The van der Waals surface area contributed by atoms with Gasteiger partial charge in [0.1, 0.15) is 5.70 Å². The molecule has 0 unspecified atom stereocenters. The number of hydrogen-bond donors (Lipinski definition) is 4. The van der Waals surface area contributed by atoms with Crippen molar-refractivity contribution in [3.8, 4) is 0 Å². The first kappa shape index (κ1) is 24.7. The number of benzene rings is 2. The van der Waals surface area contributed by atoms with Crippen molar-refractivity contribution in [1.29, 1.82) is 5.53 Å². The highest BCUT2D eigenvalue weighted by Crippen LogP contribution is 2.20. The SMILES string of the molecule is CCN(CC)CCNC(=O)c1ccc(N/C=C(\N=N)c2cc3cc(F)c(F)cc3[nH]c2=O)cc1. The largest absolute Gasteiger partial charge is 0.360 e. The van der Waals surface area contributed by atoms with E-state index >= 15 is 0 Å². The molecule has 1 aromatic heterocycles. The minimum absolute atomic E-state index is 0.00824. The zero-order chi connectivity index (χ0) is 24.7. The average molecular weight is 469 g/mol. The molecule has 34 heavy (non-hydrogen) atoms. The lowest BCUT2D eigenvalue weighted by Crippen LogP contribution is -2.34. The van der Waals surface area contributed by atoms with Gasteiger partial charge in [-0.05, 0) is 49.5 Å². The normalized spacial score (nSPS) is 11.6. The standard InChI is InChI=1S/C24H26F2N6O2/c1-3-32(4-2)10-9-28-23(33)15-5-7-17(8-6-15)29-14-22(31-27)18-11-16-12-19(25)20(26)13-21(16)30-24(18)34/h5-8,11-14,27,29H,3-4,9-10H2,1-2H3,(H,28,33)(H,30,34)/b22-14-,31-27?. The number of rotatable bonds is 10. The van der Waals surface area contributed by atoms with E-state index in [0.717, 1.165) is 31.8 Å². The van der Waals surface area contributed by atoms with Crippen LogP contribution in [0.1, 0.15) is 29.8 Å². The number of pyridine rings is 1. The van der Waals surface area contributed by atoms with Gasteiger partial charge in [0.15, 0.2) is 11.6 Å². The molecular formula is C24H26F2N6O2. The van der Waals surface area contributed by atoms with Gasteiger partial charge in [0.25, 0.3) is 11.5 Å². The second kappa shape index (κ2) is 11.3. The number of amides is 1. The van der Waals surface area contributed by atoms with Crippen molar-refractivity contribution in [2.45, 2.75) is 13.8 Å². The van der Waals surface area contributed by atoms with Gasteiger partial charge in [0.2, 0.25) is 0 Å². The number of aromatic nitrogens is 1. The highest BCUT2D eigenvalue weighted by Gasteiger charge is 2.11. The van der Waals surface area contributed by atoms with E-state index in [0.29, 0.717) is 17.8 Å². The molecule has 0 aliphatic rings. The maximum absolute atomic E-state index is 13.6. The highest BCUT2D eigenvalue weighted by atomic mass is 19.2. The van der Waals surface area contributed by atoms with E-state index in [9.17, 15) is 18.4 Å². The van der Waals surface area contributed by atoms with Gasteiger partial charge in [-0.3, -0.25) is 9.59 Å². The maximum atomic E-state index is 13.6. The van der Waals surface area contributed by atoms with Crippen LogP contribution >= 0.6 is 0 Å².